The molecule has 2 heterocycles. The van der Waals surface area contributed by atoms with E-state index in [1.165, 1.54) is 38.5 Å². The molecule has 3 aliphatic rings. The van der Waals surface area contributed by atoms with Gasteiger partial charge in [-0.2, -0.15) is 0 Å². The fourth-order valence-electron chi connectivity index (χ4n) is 4.84. The van der Waals surface area contributed by atoms with Gasteiger partial charge in [-0.15, -0.1) is 34.2 Å². The van der Waals surface area contributed by atoms with Crippen molar-refractivity contribution in [2.24, 2.45) is 18.0 Å². The molecule has 1 unspecified atom stereocenters. The topological polar surface area (TPSA) is 87.4 Å². The lowest BCUT2D eigenvalue weighted by Crippen LogP contribution is -2.48. The van der Waals surface area contributed by atoms with Crippen LogP contribution in [0.3, 0.4) is 0 Å². The third-order valence-electron chi connectivity index (χ3n) is 6.80. The zero-order valence-electron chi connectivity index (χ0n) is 18.3. The molecule has 3 fully saturated rings. The van der Waals surface area contributed by atoms with Crippen molar-refractivity contribution in [3.8, 4) is 0 Å². The van der Waals surface area contributed by atoms with Crippen LogP contribution in [-0.4, -0.2) is 56.7 Å². The highest BCUT2D eigenvalue weighted by atomic mass is 127. The number of aryl methyl sites for hydroxylation is 1. The van der Waals surface area contributed by atoms with E-state index in [0.717, 1.165) is 50.0 Å². The molecule has 30 heavy (non-hydrogen) atoms. The van der Waals surface area contributed by atoms with Gasteiger partial charge in [-0.25, -0.2) is 4.99 Å². The molecule has 0 radical (unpaired) electrons. The number of nitrogens with one attached hydrogen (secondary N) is 2. The molecule has 1 amide bonds. The number of likely N-dealkylation sites (tertiary alicyclic amines) is 1. The number of hydrogen-bond donors (Lipinski definition) is 2. The van der Waals surface area contributed by atoms with Crippen LogP contribution >= 0.6 is 24.0 Å². The van der Waals surface area contributed by atoms with Gasteiger partial charge in [0.2, 0.25) is 5.91 Å². The van der Waals surface area contributed by atoms with Gasteiger partial charge in [0.1, 0.15) is 12.4 Å². The lowest BCUT2D eigenvalue weighted by molar-refractivity contribution is -0.134. The van der Waals surface area contributed by atoms with Gasteiger partial charge in [0.25, 0.3) is 0 Å². The Kier molecular flexibility index (Phi) is 8.35. The highest BCUT2D eigenvalue weighted by Crippen LogP contribution is 2.28. The number of guanidine groups is 1. The molecular weight excluding hydrogens is 493 g/mol. The summed E-state index contributed by atoms with van der Waals surface area (Å²) < 4.78 is 1.98. The predicted molar refractivity (Wildman–Crippen MR) is 128 cm³/mol. The summed E-state index contributed by atoms with van der Waals surface area (Å²) in [5.41, 5.74) is 0. The van der Waals surface area contributed by atoms with Crippen molar-refractivity contribution in [1.82, 2.24) is 30.3 Å². The van der Waals surface area contributed by atoms with Crippen molar-refractivity contribution in [3.63, 3.8) is 0 Å². The lowest BCUT2D eigenvalue weighted by atomic mass is 10.1. The van der Waals surface area contributed by atoms with Crippen LogP contribution in [-0.2, 0) is 18.4 Å². The van der Waals surface area contributed by atoms with Crippen molar-refractivity contribution in [2.75, 3.05) is 13.1 Å². The predicted octanol–water partition coefficient (Wildman–Crippen LogP) is 2.51. The largest absolute Gasteiger partial charge is 0.354 e. The summed E-state index contributed by atoms with van der Waals surface area (Å²) in [6.07, 6.45) is 10.5. The first-order chi connectivity index (χ1) is 14.1. The van der Waals surface area contributed by atoms with E-state index in [-0.39, 0.29) is 35.9 Å². The van der Waals surface area contributed by atoms with E-state index in [4.69, 9.17) is 4.99 Å². The van der Waals surface area contributed by atoms with Gasteiger partial charge in [0.15, 0.2) is 11.8 Å². The number of carbonyl (C=O) groups excluding carboxylic acids is 1. The van der Waals surface area contributed by atoms with Gasteiger partial charge in [0, 0.05) is 38.1 Å². The fourth-order valence-corrected chi connectivity index (χ4v) is 4.84. The van der Waals surface area contributed by atoms with Crippen molar-refractivity contribution >= 4 is 35.8 Å². The van der Waals surface area contributed by atoms with Crippen molar-refractivity contribution in [3.05, 3.63) is 11.6 Å². The maximum atomic E-state index is 12.7. The molecule has 0 aromatic carbocycles. The second-order valence-electron chi connectivity index (χ2n) is 8.91. The summed E-state index contributed by atoms with van der Waals surface area (Å²) in [5, 5.41) is 15.6. The molecule has 8 nitrogen and oxygen atoms in total. The molecule has 168 valence electrons. The van der Waals surface area contributed by atoms with E-state index in [9.17, 15) is 4.79 Å². The number of halogens is 1. The first-order valence-corrected chi connectivity index (χ1v) is 11.3. The molecule has 1 aliphatic heterocycles. The number of hydrogen-bond acceptors (Lipinski definition) is 4. The highest BCUT2D eigenvalue weighted by Gasteiger charge is 2.32. The number of aromatic nitrogens is 3. The van der Waals surface area contributed by atoms with Crippen LogP contribution in [0.25, 0.3) is 0 Å². The van der Waals surface area contributed by atoms with Crippen LogP contribution in [0.4, 0.5) is 0 Å². The number of amides is 1. The smallest absolute Gasteiger partial charge is 0.225 e. The van der Waals surface area contributed by atoms with E-state index in [1.54, 1.807) is 0 Å². The molecule has 2 aliphatic carbocycles. The average molecular weight is 529 g/mol. The Morgan fingerprint density at radius 3 is 2.37 bits per heavy atom. The molecule has 0 spiro atoms. The Hall–Kier alpha value is -1.39. The molecule has 0 bridgehead atoms. The number of nitrogens with zero attached hydrogens (tertiary/aromatic N) is 5. The molecular formula is C21H36IN7O. The van der Waals surface area contributed by atoms with Crippen molar-refractivity contribution in [2.45, 2.75) is 83.3 Å². The van der Waals surface area contributed by atoms with Gasteiger partial charge in [-0.1, -0.05) is 25.7 Å². The van der Waals surface area contributed by atoms with E-state index < -0.39 is 0 Å². The maximum absolute atomic E-state index is 12.7. The zero-order valence-corrected chi connectivity index (χ0v) is 20.6. The Labute approximate surface area is 196 Å². The average Bonchev–Trinajstić information content (AvgIpc) is 3.51. The number of carbonyl (C=O) groups is 1. The molecule has 1 aromatic rings. The minimum Gasteiger partial charge on any atom is -0.354 e. The molecule has 9 heteroatoms. The molecule has 2 N–H and O–H groups in total. The van der Waals surface area contributed by atoms with Gasteiger partial charge in [-0.3, -0.25) is 4.79 Å². The summed E-state index contributed by atoms with van der Waals surface area (Å²) in [5.74, 6) is 3.23. The van der Waals surface area contributed by atoms with Crippen molar-refractivity contribution < 1.29 is 4.79 Å². The summed E-state index contributed by atoms with van der Waals surface area (Å²) in [6.45, 7) is 4.08. The lowest BCUT2D eigenvalue weighted by Gasteiger charge is -2.23. The van der Waals surface area contributed by atoms with E-state index in [1.807, 2.05) is 18.5 Å². The van der Waals surface area contributed by atoms with Crippen LogP contribution in [0, 0.1) is 12.8 Å². The Bertz CT molecular complexity index is 738. The van der Waals surface area contributed by atoms with E-state index in [2.05, 4.69) is 25.7 Å². The minimum absolute atomic E-state index is 0. The van der Waals surface area contributed by atoms with Crippen molar-refractivity contribution in [1.29, 1.82) is 0 Å². The highest BCUT2D eigenvalue weighted by molar-refractivity contribution is 14.0. The van der Waals surface area contributed by atoms with Crippen LogP contribution in [0.1, 0.15) is 69.4 Å². The van der Waals surface area contributed by atoms with Crippen LogP contribution in [0.2, 0.25) is 0 Å². The molecule has 4 rings (SSSR count). The third-order valence-corrected chi connectivity index (χ3v) is 6.80. The summed E-state index contributed by atoms with van der Waals surface area (Å²) in [6, 6.07) is 0.745. The first-order valence-electron chi connectivity index (χ1n) is 11.3. The SMILES string of the molecule is Cc1nnc(CN=C(NC2CCCC2)NC2CCN(C(=O)C3CCCC3)C2)n1C.I. The summed E-state index contributed by atoms with van der Waals surface area (Å²) in [4.78, 5) is 19.6. The fraction of sp³-hybridized carbons (Fsp3) is 0.810. The van der Waals surface area contributed by atoms with Gasteiger partial charge in [0.05, 0.1) is 0 Å². The van der Waals surface area contributed by atoms with Crippen LogP contribution < -0.4 is 10.6 Å². The summed E-state index contributed by atoms with van der Waals surface area (Å²) in [7, 11) is 1.97. The normalized spacial score (nSPS) is 23.1. The second kappa shape index (κ2) is 10.8. The van der Waals surface area contributed by atoms with Gasteiger partial charge < -0.3 is 20.1 Å². The second-order valence-corrected chi connectivity index (χ2v) is 8.91. The van der Waals surface area contributed by atoms with E-state index in [0.29, 0.717) is 18.5 Å². The molecule has 1 atom stereocenters. The molecule has 1 saturated heterocycles. The zero-order chi connectivity index (χ0) is 20.2. The quantitative estimate of drug-likeness (QED) is 0.348. The van der Waals surface area contributed by atoms with Gasteiger partial charge >= 0.3 is 0 Å². The monoisotopic (exact) mass is 529 g/mol. The maximum Gasteiger partial charge on any atom is 0.225 e. The van der Waals surface area contributed by atoms with Crippen LogP contribution in [0.15, 0.2) is 4.99 Å². The number of rotatable bonds is 5. The molecule has 2 saturated carbocycles. The molecule has 1 aromatic heterocycles. The van der Waals surface area contributed by atoms with Gasteiger partial charge in [-0.05, 0) is 39.0 Å². The van der Waals surface area contributed by atoms with Crippen LogP contribution in [0.5, 0.6) is 0 Å². The summed E-state index contributed by atoms with van der Waals surface area (Å²) >= 11 is 0. The number of aliphatic imine (C=N–C) groups is 1. The third kappa shape index (κ3) is 5.64. The Morgan fingerprint density at radius 1 is 1.03 bits per heavy atom. The first kappa shape index (κ1) is 23.3. The van der Waals surface area contributed by atoms with E-state index >= 15 is 0 Å². The standard InChI is InChI=1S/C21H35N7O.HI/c1-15-25-26-19(27(15)2)13-22-21(23-17-9-5-6-10-17)24-18-11-12-28(14-18)20(29)16-7-3-4-8-16;/h16-18H,3-14H2,1-2H3,(H2,22,23,24);1H. The minimum atomic E-state index is 0. The Balaban J connectivity index is 0.00000256. The Morgan fingerprint density at radius 2 is 1.70 bits per heavy atom.